The van der Waals surface area contributed by atoms with Crippen LogP contribution in [-0.4, -0.2) is 36.5 Å². The molecule has 0 saturated carbocycles. The molecule has 17 heavy (non-hydrogen) atoms. The van der Waals surface area contributed by atoms with Crippen LogP contribution in [0.25, 0.3) is 0 Å². The first-order valence-electron chi connectivity index (χ1n) is 5.72. The van der Waals surface area contributed by atoms with Crippen LogP contribution in [0.2, 0.25) is 0 Å². The van der Waals surface area contributed by atoms with E-state index in [2.05, 4.69) is 10.3 Å². The molecular formula is C11H21N3O2S. The average molecular weight is 259 g/mol. The molecule has 0 aromatic carbocycles. The van der Waals surface area contributed by atoms with E-state index in [0.717, 1.165) is 5.69 Å². The Hall–Kier alpha value is -0.880. The van der Waals surface area contributed by atoms with Crippen molar-refractivity contribution < 1.29 is 8.42 Å². The highest BCUT2D eigenvalue weighted by molar-refractivity contribution is 7.91. The first-order valence-corrected chi connectivity index (χ1v) is 7.54. The molecule has 0 amide bonds. The molecule has 1 N–H and O–H groups in total. The summed E-state index contributed by atoms with van der Waals surface area (Å²) in [6, 6.07) is 0. The minimum atomic E-state index is -2.93. The Morgan fingerprint density at radius 1 is 1.47 bits per heavy atom. The van der Waals surface area contributed by atoms with E-state index in [1.54, 1.807) is 19.4 Å². The maximum absolute atomic E-state index is 11.5. The number of nitrogens with one attached hydrogen (secondary N) is 1. The second kappa shape index (κ2) is 5.18. The minimum absolute atomic E-state index is 0.159. The molecule has 0 aliphatic carbocycles. The molecule has 5 nitrogen and oxygen atoms in total. The molecule has 1 rings (SSSR count). The molecule has 0 bridgehead atoms. The van der Waals surface area contributed by atoms with Gasteiger partial charge >= 0.3 is 0 Å². The predicted molar refractivity (Wildman–Crippen MR) is 68.6 cm³/mol. The van der Waals surface area contributed by atoms with Gasteiger partial charge < -0.3 is 9.88 Å². The van der Waals surface area contributed by atoms with Gasteiger partial charge in [-0.05, 0) is 20.9 Å². The van der Waals surface area contributed by atoms with Crippen LogP contribution in [0.5, 0.6) is 0 Å². The number of aromatic nitrogens is 2. The summed E-state index contributed by atoms with van der Waals surface area (Å²) in [6.45, 7) is 6.20. The molecule has 0 fully saturated rings. The van der Waals surface area contributed by atoms with E-state index in [1.807, 2.05) is 25.5 Å². The van der Waals surface area contributed by atoms with Crippen LogP contribution in [0.1, 0.15) is 26.5 Å². The number of aryl methyl sites for hydroxylation is 1. The van der Waals surface area contributed by atoms with Crippen LogP contribution in [0.15, 0.2) is 12.5 Å². The summed E-state index contributed by atoms with van der Waals surface area (Å²) in [7, 11) is -1.06. The normalized spacial score (nSPS) is 12.9. The maximum Gasteiger partial charge on any atom is 0.151 e. The zero-order valence-electron chi connectivity index (χ0n) is 10.9. The van der Waals surface area contributed by atoms with Crippen LogP contribution in [-0.2, 0) is 21.9 Å². The Balaban J connectivity index is 2.84. The monoisotopic (exact) mass is 259 g/mol. The quantitative estimate of drug-likeness (QED) is 0.819. The molecule has 0 saturated heterocycles. The van der Waals surface area contributed by atoms with E-state index in [9.17, 15) is 8.42 Å². The van der Waals surface area contributed by atoms with Gasteiger partial charge in [0, 0.05) is 18.5 Å². The van der Waals surface area contributed by atoms with Gasteiger partial charge in [0.05, 0.1) is 23.3 Å². The first kappa shape index (κ1) is 14.2. The summed E-state index contributed by atoms with van der Waals surface area (Å²) in [5, 5.41) is 3.18. The van der Waals surface area contributed by atoms with Crippen molar-refractivity contribution in [2.75, 3.05) is 18.6 Å². The van der Waals surface area contributed by atoms with Crippen molar-refractivity contribution in [2.45, 2.75) is 32.9 Å². The zero-order valence-corrected chi connectivity index (χ0v) is 11.7. The number of rotatable bonds is 6. The largest absolute Gasteiger partial charge is 0.332 e. The number of nitrogens with zero attached hydrogens (tertiary/aromatic N) is 2. The fourth-order valence-corrected chi connectivity index (χ4v) is 2.29. The van der Waals surface area contributed by atoms with E-state index in [1.165, 1.54) is 0 Å². The summed E-state index contributed by atoms with van der Waals surface area (Å²) < 4.78 is 24.8. The van der Waals surface area contributed by atoms with Crippen LogP contribution < -0.4 is 5.32 Å². The first-order chi connectivity index (χ1) is 7.82. The van der Waals surface area contributed by atoms with E-state index in [4.69, 9.17) is 0 Å². The number of imidazole rings is 1. The zero-order chi connectivity index (χ0) is 13.1. The molecule has 0 spiro atoms. The Morgan fingerprint density at radius 2 is 2.12 bits per heavy atom. The van der Waals surface area contributed by atoms with E-state index in [0.29, 0.717) is 6.54 Å². The van der Waals surface area contributed by atoms with E-state index >= 15 is 0 Å². The number of sulfone groups is 1. The van der Waals surface area contributed by atoms with Crippen molar-refractivity contribution in [3.8, 4) is 0 Å². The van der Waals surface area contributed by atoms with Gasteiger partial charge in [-0.25, -0.2) is 13.4 Å². The van der Waals surface area contributed by atoms with Gasteiger partial charge in [-0.2, -0.15) is 0 Å². The van der Waals surface area contributed by atoms with Gasteiger partial charge in [0.25, 0.3) is 0 Å². The molecule has 1 aromatic rings. The molecule has 0 aliphatic rings. The third-order valence-corrected chi connectivity index (χ3v) is 4.74. The Bertz CT molecular complexity index is 463. The SMILES string of the molecule is CCS(=O)(=O)CCn1cncc1C(C)(C)NC. The van der Waals surface area contributed by atoms with E-state index in [-0.39, 0.29) is 17.0 Å². The van der Waals surface area contributed by atoms with Crippen molar-refractivity contribution >= 4 is 9.84 Å². The van der Waals surface area contributed by atoms with Crippen LogP contribution in [0.3, 0.4) is 0 Å². The highest BCUT2D eigenvalue weighted by atomic mass is 32.2. The molecule has 98 valence electrons. The smallest absolute Gasteiger partial charge is 0.151 e. The highest BCUT2D eigenvalue weighted by Gasteiger charge is 2.22. The lowest BCUT2D eigenvalue weighted by Gasteiger charge is -2.25. The summed E-state index contributed by atoms with van der Waals surface area (Å²) >= 11 is 0. The van der Waals surface area contributed by atoms with Gasteiger partial charge in [0.2, 0.25) is 0 Å². The molecule has 1 heterocycles. The van der Waals surface area contributed by atoms with Crippen molar-refractivity contribution in [3.63, 3.8) is 0 Å². The molecule has 1 aromatic heterocycles. The van der Waals surface area contributed by atoms with Gasteiger partial charge in [0.15, 0.2) is 9.84 Å². The van der Waals surface area contributed by atoms with Gasteiger partial charge in [-0.3, -0.25) is 0 Å². The van der Waals surface area contributed by atoms with Crippen molar-refractivity contribution in [2.24, 2.45) is 0 Å². The van der Waals surface area contributed by atoms with Crippen molar-refractivity contribution in [3.05, 3.63) is 18.2 Å². The molecular weight excluding hydrogens is 238 g/mol. The fourth-order valence-electron chi connectivity index (χ4n) is 1.53. The molecule has 0 atom stereocenters. The fraction of sp³-hybridized carbons (Fsp3) is 0.727. The van der Waals surface area contributed by atoms with Crippen molar-refractivity contribution in [1.29, 1.82) is 0 Å². The number of hydrogen-bond acceptors (Lipinski definition) is 4. The van der Waals surface area contributed by atoms with Crippen LogP contribution in [0.4, 0.5) is 0 Å². The molecule has 0 unspecified atom stereocenters. The third kappa shape index (κ3) is 3.54. The average Bonchev–Trinajstić information content (AvgIpc) is 2.75. The van der Waals surface area contributed by atoms with Crippen molar-refractivity contribution in [1.82, 2.24) is 14.9 Å². The Labute approximate surface area is 103 Å². The summed E-state index contributed by atoms with van der Waals surface area (Å²) in [5.74, 6) is 0.346. The number of hydrogen-bond donors (Lipinski definition) is 1. The minimum Gasteiger partial charge on any atom is -0.332 e. The Kier molecular flexibility index (Phi) is 4.32. The van der Waals surface area contributed by atoms with Crippen LogP contribution >= 0.6 is 0 Å². The maximum atomic E-state index is 11.5. The molecule has 6 heteroatoms. The van der Waals surface area contributed by atoms with Gasteiger partial charge in [0.1, 0.15) is 0 Å². The third-order valence-electron chi connectivity index (χ3n) is 3.06. The Morgan fingerprint density at radius 3 is 2.65 bits per heavy atom. The lowest BCUT2D eigenvalue weighted by Crippen LogP contribution is -2.35. The lowest BCUT2D eigenvalue weighted by molar-refractivity contribution is 0.411. The molecule has 0 aliphatic heterocycles. The summed E-state index contributed by atoms with van der Waals surface area (Å²) in [5.41, 5.74) is 0.776. The molecule has 0 radical (unpaired) electrons. The second-order valence-corrected chi connectivity index (χ2v) is 7.06. The summed E-state index contributed by atoms with van der Waals surface area (Å²) in [4.78, 5) is 4.09. The predicted octanol–water partition coefficient (Wildman–Crippen LogP) is 0.772. The lowest BCUT2D eigenvalue weighted by atomic mass is 10.0. The van der Waals surface area contributed by atoms with Gasteiger partial charge in [-0.1, -0.05) is 6.92 Å². The second-order valence-electron chi connectivity index (χ2n) is 4.58. The van der Waals surface area contributed by atoms with Gasteiger partial charge in [-0.15, -0.1) is 0 Å². The van der Waals surface area contributed by atoms with Crippen LogP contribution in [0, 0.1) is 0 Å². The highest BCUT2D eigenvalue weighted by Crippen LogP contribution is 2.18. The van der Waals surface area contributed by atoms with E-state index < -0.39 is 9.84 Å². The summed E-state index contributed by atoms with van der Waals surface area (Å²) in [6.07, 6.45) is 3.45. The topological polar surface area (TPSA) is 64.0 Å². The standard InChI is InChI=1S/C11H21N3O2S/c1-5-17(15,16)7-6-14-9-13-8-10(14)11(2,3)12-4/h8-9,12H,5-7H2,1-4H3.